The highest BCUT2D eigenvalue weighted by molar-refractivity contribution is 4.48. The summed E-state index contributed by atoms with van der Waals surface area (Å²) in [6.45, 7) is 19.2. The van der Waals surface area contributed by atoms with Gasteiger partial charge in [-0.3, -0.25) is 0 Å². The molecule has 0 saturated heterocycles. The number of hydrogen-bond acceptors (Lipinski definition) is 12. The first-order chi connectivity index (χ1) is 24.3. The molecule has 0 atom stereocenters. The molecule has 0 amide bonds. The van der Waals surface area contributed by atoms with Gasteiger partial charge in [0, 0.05) is 6.61 Å². The normalized spacial score (nSPS) is 11.8. The summed E-state index contributed by atoms with van der Waals surface area (Å²) >= 11 is 0. The van der Waals surface area contributed by atoms with Gasteiger partial charge < -0.3 is 56.8 Å². The molecule has 0 aliphatic rings. The topological polar surface area (TPSA) is 111 Å². The lowest BCUT2D eigenvalue weighted by molar-refractivity contribution is -0.0293. The standard InChI is InChI=1S/C37H76O12/c1-4-5-6-7-8-9-10-11-12-13-14-38-15-16-39-17-18-40-19-20-41-21-22-42-23-24-43-25-26-44-27-28-45-29-30-46-31-32-47-33-34-48-35-36-49-37(2)3/h37H,4-36H2,1-3H3. The van der Waals surface area contributed by atoms with Gasteiger partial charge >= 0.3 is 0 Å². The van der Waals surface area contributed by atoms with Crippen molar-refractivity contribution in [3.05, 3.63) is 0 Å². The van der Waals surface area contributed by atoms with Gasteiger partial charge in [-0.2, -0.15) is 0 Å². The fourth-order valence-electron chi connectivity index (χ4n) is 4.34. The van der Waals surface area contributed by atoms with Crippen molar-refractivity contribution in [3.63, 3.8) is 0 Å². The van der Waals surface area contributed by atoms with Gasteiger partial charge in [-0.1, -0.05) is 64.7 Å². The molecule has 0 N–H and O–H groups in total. The van der Waals surface area contributed by atoms with Crippen LogP contribution in [0.3, 0.4) is 0 Å². The van der Waals surface area contributed by atoms with E-state index in [2.05, 4.69) is 6.92 Å². The van der Waals surface area contributed by atoms with Crippen LogP contribution in [0.4, 0.5) is 0 Å². The zero-order valence-electron chi connectivity index (χ0n) is 31.8. The Bertz CT molecular complexity index is 574. The Hall–Kier alpha value is -0.480. The maximum Gasteiger partial charge on any atom is 0.0703 e. The quantitative estimate of drug-likeness (QED) is 0.0743. The molecule has 0 fully saturated rings. The smallest absolute Gasteiger partial charge is 0.0703 e. The molecule has 0 saturated carbocycles. The Balaban J connectivity index is 3.04. The van der Waals surface area contributed by atoms with Gasteiger partial charge in [0.25, 0.3) is 0 Å². The SMILES string of the molecule is CCCCCCCCCCCCOCCOCCOCCOCCOCCOCCOCCOCCOCCOCCOCCOC(C)C. The molecule has 0 aromatic heterocycles. The third-order valence-electron chi connectivity index (χ3n) is 7.04. The molecule has 296 valence electrons. The molecule has 49 heavy (non-hydrogen) atoms. The lowest BCUT2D eigenvalue weighted by Crippen LogP contribution is -2.15. The minimum atomic E-state index is 0.233. The van der Waals surface area contributed by atoms with Crippen LogP contribution < -0.4 is 0 Å². The third-order valence-corrected chi connectivity index (χ3v) is 7.04. The van der Waals surface area contributed by atoms with Gasteiger partial charge in [0.05, 0.1) is 151 Å². The van der Waals surface area contributed by atoms with Crippen molar-refractivity contribution >= 4 is 0 Å². The first-order valence-electron chi connectivity index (χ1n) is 19.2. The van der Waals surface area contributed by atoms with Crippen molar-refractivity contribution < 1.29 is 56.8 Å². The van der Waals surface area contributed by atoms with Gasteiger partial charge in [0.2, 0.25) is 0 Å². The molecular formula is C37H76O12. The van der Waals surface area contributed by atoms with E-state index in [1.54, 1.807) is 0 Å². The fraction of sp³-hybridized carbons (Fsp3) is 1.00. The number of rotatable bonds is 45. The summed E-state index contributed by atoms with van der Waals surface area (Å²) in [6, 6.07) is 0. The first-order valence-corrected chi connectivity index (χ1v) is 19.2. The first kappa shape index (κ1) is 48.5. The molecule has 0 radical (unpaired) electrons. The average Bonchev–Trinajstić information content (AvgIpc) is 3.10. The molecule has 0 rings (SSSR count). The van der Waals surface area contributed by atoms with Gasteiger partial charge in [-0.15, -0.1) is 0 Å². The van der Waals surface area contributed by atoms with Crippen molar-refractivity contribution in [2.45, 2.75) is 91.1 Å². The summed E-state index contributed by atoms with van der Waals surface area (Å²) in [5, 5.41) is 0. The molecule has 12 heteroatoms. The summed E-state index contributed by atoms with van der Waals surface area (Å²) in [6.07, 6.45) is 13.7. The Morgan fingerprint density at radius 2 is 0.449 bits per heavy atom. The van der Waals surface area contributed by atoms with E-state index in [-0.39, 0.29) is 6.10 Å². The molecule has 0 spiro atoms. The molecule has 0 unspecified atom stereocenters. The predicted octanol–water partition coefficient (Wildman–Crippen LogP) is 5.51. The van der Waals surface area contributed by atoms with Crippen molar-refractivity contribution in [1.29, 1.82) is 0 Å². The van der Waals surface area contributed by atoms with Crippen LogP contribution in [-0.2, 0) is 56.8 Å². The molecule has 0 heterocycles. The van der Waals surface area contributed by atoms with E-state index >= 15 is 0 Å². The summed E-state index contributed by atoms with van der Waals surface area (Å²) < 4.78 is 66.0. The van der Waals surface area contributed by atoms with Crippen molar-refractivity contribution in [2.75, 3.05) is 152 Å². The Morgan fingerprint density at radius 3 is 0.694 bits per heavy atom. The fourth-order valence-corrected chi connectivity index (χ4v) is 4.34. The van der Waals surface area contributed by atoms with Crippen LogP contribution in [0, 0.1) is 0 Å². The minimum Gasteiger partial charge on any atom is -0.379 e. The van der Waals surface area contributed by atoms with Crippen molar-refractivity contribution in [3.8, 4) is 0 Å². The van der Waals surface area contributed by atoms with Gasteiger partial charge in [-0.25, -0.2) is 0 Å². The highest BCUT2D eigenvalue weighted by Gasteiger charge is 1.98. The van der Waals surface area contributed by atoms with Crippen LogP contribution in [0.25, 0.3) is 0 Å². The van der Waals surface area contributed by atoms with Crippen LogP contribution in [0.1, 0.15) is 85.0 Å². The number of hydrogen-bond donors (Lipinski definition) is 0. The molecule has 0 aromatic rings. The van der Waals surface area contributed by atoms with Crippen LogP contribution in [0.5, 0.6) is 0 Å². The zero-order chi connectivity index (χ0) is 35.4. The zero-order valence-corrected chi connectivity index (χ0v) is 31.8. The molecule has 0 aliphatic carbocycles. The molecule has 0 aromatic carbocycles. The summed E-state index contributed by atoms with van der Waals surface area (Å²) in [5.41, 5.74) is 0. The van der Waals surface area contributed by atoms with Gasteiger partial charge in [0.15, 0.2) is 0 Å². The minimum absolute atomic E-state index is 0.233. The second kappa shape index (κ2) is 45.5. The highest BCUT2D eigenvalue weighted by Crippen LogP contribution is 2.10. The molecule has 12 nitrogen and oxygen atoms in total. The summed E-state index contributed by atoms with van der Waals surface area (Å²) in [5.74, 6) is 0. The van der Waals surface area contributed by atoms with E-state index in [9.17, 15) is 0 Å². The number of unbranched alkanes of at least 4 members (excludes halogenated alkanes) is 9. The van der Waals surface area contributed by atoms with E-state index < -0.39 is 0 Å². The number of ether oxygens (including phenoxy) is 12. The predicted molar refractivity (Wildman–Crippen MR) is 192 cm³/mol. The monoisotopic (exact) mass is 713 g/mol. The maximum absolute atomic E-state index is 5.65. The molecular weight excluding hydrogens is 636 g/mol. The van der Waals surface area contributed by atoms with Gasteiger partial charge in [0.1, 0.15) is 0 Å². The average molecular weight is 713 g/mol. The van der Waals surface area contributed by atoms with E-state index in [1.807, 2.05) is 13.8 Å². The van der Waals surface area contributed by atoms with Crippen LogP contribution >= 0.6 is 0 Å². The van der Waals surface area contributed by atoms with E-state index in [0.29, 0.717) is 145 Å². The van der Waals surface area contributed by atoms with Crippen molar-refractivity contribution in [2.24, 2.45) is 0 Å². The largest absolute Gasteiger partial charge is 0.379 e. The highest BCUT2D eigenvalue weighted by atomic mass is 16.6. The Morgan fingerprint density at radius 1 is 0.245 bits per heavy atom. The Labute approximate surface area is 299 Å². The summed E-state index contributed by atoms with van der Waals surface area (Å²) in [4.78, 5) is 0. The Kier molecular flexibility index (Phi) is 45.1. The molecule has 0 bridgehead atoms. The third kappa shape index (κ3) is 47.5. The summed E-state index contributed by atoms with van der Waals surface area (Å²) in [7, 11) is 0. The van der Waals surface area contributed by atoms with Crippen molar-refractivity contribution in [1.82, 2.24) is 0 Å². The van der Waals surface area contributed by atoms with E-state index in [4.69, 9.17) is 56.8 Å². The lowest BCUT2D eigenvalue weighted by Gasteiger charge is -2.09. The van der Waals surface area contributed by atoms with Crippen LogP contribution in [0.15, 0.2) is 0 Å². The van der Waals surface area contributed by atoms with E-state index in [0.717, 1.165) is 13.0 Å². The molecule has 0 aliphatic heterocycles. The van der Waals surface area contributed by atoms with Gasteiger partial charge in [-0.05, 0) is 20.3 Å². The second-order valence-corrected chi connectivity index (χ2v) is 11.8. The van der Waals surface area contributed by atoms with E-state index in [1.165, 1.54) is 57.8 Å². The van der Waals surface area contributed by atoms with Crippen LogP contribution in [-0.4, -0.2) is 158 Å². The van der Waals surface area contributed by atoms with Crippen LogP contribution in [0.2, 0.25) is 0 Å². The second-order valence-electron chi connectivity index (χ2n) is 11.8. The lowest BCUT2D eigenvalue weighted by atomic mass is 10.1. The maximum atomic E-state index is 5.65.